The van der Waals surface area contributed by atoms with E-state index in [0.29, 0.717) is 11.4 Å². The van der Waals surface area contributed by atoms with E-state index in [2.05, 4.69) is 37.5 Å². The molecule has 1 aliphatic heterocycles. The number of H-pyrrole nitrogens is 1. The van der Waals surface area contributed by atoms with Crippen LogP contribution in [0.5, 0.6) is 0 Å². The number of halogens is 2. The molecule has 7 nitrogen and oxygen atoms in total. The normalized spacial score (nSPS) is 14.0. The summed E-state index contributed by atoms with van der Waals surface area (Å²) in [6.45, 7) is 3.21. The van der Waals surface area contributed by atoms with Crippen LogP contribution in [0.25, 0.3) is 28.2 Å². The largest absolute Gasteiger partial charge is 0.373 e. The molecule has 5 rings (SSSR count). The lowest BCUT2D eigenvalue weighted by molar-refractivity contribution is 0.331. The monoisotopic (exact) mass is 462 g/mol. The van der Waals surface area contributed by atoms with E-state index in [1.54, 1.807) is 13.2 Å². The number of nitrogens with one attached hydrogen (secondary N) is 2. The van der Waals surface area contributed by atoms with Crippen LogP contribution in [0.15, 0.2) is 59.5 Å². The van der Waals surface area contributed by atoms with Crippen LogP contribution in [0.1, 0.15) is 18.4 Å². The summed E-state index contributed by atoms with van der Waals surface area (Å²) in [6, 6.07) is 13.8. The van der Waals surface area contributed by atoms with Gasteiger partial charge >= 0.3 is 5.69 Å². The molecule has 0 spiro atoms. The molecule has 1 fully saturated rings. The van der Waals surface area contributed by atoms with Crippen LogP contribution in [-0.4, -0.2) is 44.8 Å². The zero-order chi connectivity index (χ0) is 23.7. The maximum absolute atomic E-state index is 14.5. The Kier molecular flexibility index (Phi) is 5.93. The molecule has 0 amide bonds. The highest BCUT2D eigenvalue weighted by Gasteiger charge is 2.21. The second-order valence-corrected chi connectivity index (χ2v) is 8.31. The number of aromatic amines is 1. The minimum atomic E-state index is -1.13. The zero-order valence-electron chi connectivity index (χ0n) is 18.7. The average Bonchev–Trinajstić information content (AvgIpc) is 3.50. The Morgan fingerprint density at radius 2 is 1.82 bits per heavy atom. The van der Waals surface area contributed by atoms with Crippen molar-refractivity contribution in [3.8, 4) is 28.2 Å². The fourth-order valence-electron chi connectivity index (χ4n) is 4.36. The molecule has 0 atom stereocenters. The number of anilines is 1. The van der Waals surface area contributed by atoms with Crippen molar-refractivity contribution in [1.29, 1.82) is 0 Å². The standard InChI is InChI=1S/C25H24F2N6O/c1-28-23-19(24-30-31-25(34)33(24)21-6-4-5-20(26)22(21)27)13-18(14-29-23)17-9-7-16(8-10-17)15-32-11-2-3-12-32/h4-10,13-14H,2-3,11-12,15H2,1H3,(H,28,29)(H,31,34). The van der Waals surface area contributed by atoms with Gasteiger partial charge in [0.15, 0.2) is 17.5 Å². The molecule has 2 aromatic heterocycles. The van der Waals surface area contributed by atoms with Crippen LogP contribution in [0.4, 0.5) is 14.6 Å². The molecule has 1 aliphatic rings. The van der Waals surface area contributed by atoms with Crippen LogP contribution in [-0.2, 0) is 6.54 Å². The first kappa shape index (κ1) is 22.0. The summed E-state index contributed by atoms with van der Waals surface area (Å²) in [7, 11) is 1.69. The van der Waals surface area contributed by atoms with E-state index >= 15 is 0 Å². The Hall–Kier alpha value is -3.85. The number of pyridine rings is 1. The van der Waals surface area contributed by atoms with Crippen LogP contribution in [0.2, 0.25) is 0 Å². The van der Waals surface area contributed by atoms with E-state index in [1.807, 2.05) is 18.2 Å². The highest BCUT2D eigenvalue weighted by atomic mass is 19.2. The number of likely N-dealkylation sites (tertiary alicyclic amines) is 1. The van der Waals surface area contributed by atoms with Crippen molar-refractivity contribution in [1.82, 2.24) is 24.6 Å². The lowest BCUT2D eigenvalue weighted by Gasteiger charge is -2.15. The molecular formula is C25H24F2N6O. The molecule has 2 aromatic carbocycles. The fraction of sp³-hybridized carbons (Fsp3) is 0.240. The minimum absolute atomic E-state index is 0.124. The summed E-state index contributed by atoms with van der Waals surface area (Å²) in [5.41, 5.74) is 2.56. The van der Waals surface area contributed by atoms with E-state index in [9.17, 15) is 13.6 Å². The summed E-state index contributed by atoms with van der Waals surface area (Å²) in [6.07, 6.45) is 4.23. The molecule has 2 N–H and O–H groups in total. The molecule has 174 valence electrons. The van der Waals surface area contributed by atoms with Crippen molar-refractivity contribution in [2.24, 2.45) is 0 Å². The van der Waals surface area contributed by atoms with Gasteiger partial charge in [-0.25, -0.2) is 28.2 Å². The quantitative estimate of drug-likeness (QED) is 0.449. The second-order valence-electron chi connectivity index (χ2n) is 8.31. The predicted octanol–water partition coefficient (Wildman–Crippen LogP) is 4.21. The molecule has 0 radical (unpaired) electrons. The highest BCUT2D eigenvalue weighted by Crippen LogP contribution is 2.31. The summed E-state index contributed by atoms with van der Waals surface area (Å²) in [5, 5.41) is 9.42. The van der Waals surface area contributed by atoms with Gasteiger partial charge in [0.05, 0.1) is 11.3 Å². The van der Waals surface area contributed by atoms with Gasteiger partial charge in [-0.05, 0) is 55.3 Å². The van der Waals surface area contributed by atoms with Gasteiger partial charge in [-0.2, -0.15) is 5.10 Å². The Bertz CT molecular complexity index is 1370. The van der Waals surface area contributed by atoms with E-state index in [0.717, 1.165) is 41.4 Å². The topological polar surface area (TPSA) is 78.8 Å². The number of benzene rings is 2. The fourth-order valence-corrected chi connectivity index (χ4v) is 4.36. The second kappa shape index (κ2) is 9.18. The van der Waals surface area contributed by atoms with Gasteiger partial charge in [-0.1, -0.05) is 30.3 Å². The Labute approximate surface area is 195 Å². The Morgan fingerprint density at radius 1 is 1.06 bits per heavy atom. The number of hydrogen-bond donors (Lipinski definition) is 2. The minimum Gasteiger partial charge on any atom is -0.373 e. The van der Waals surface area contributed by atoms with Gasteiger partial charge in [-0.3, -0.25) is 4.90 Å². The lowest BCUT2D eigenvalue weighted by atomic mass is 10.0. The van der Waals surface area contributed by atoms with Crippen LogP contribution < -0.4 is 11.0 Å². The number of hydrogen-bond acceptors (Lipinski definition) is 5. The summed E-state index contributed by atoms with van der Waals surface area (Å²) < 4.78 is 29.4. The number of aromatic nitrogens is 4. The van der Waals surface area contributed by atoms with Gasteiger partial charge in [-0.15, -0.1) is 0 Å². The third-order valence-corrected chi connectivity index (χ3v) is 6.10. The molecule has 9 heteroatoms. The third kappa shape index (κ3) is 4.10. The van der Waals surface area contributed by atoms with E-state index in [4.69, 9.17) is 0 Å². The van der Waals surface area contributed by atoms with E-state index in [1.165, 1.54) is 30.5 Å². The van der Waals surface area contributed by atoms with Crippen molar-refractivity contribution in [3.63, 3.8) is 0 Å². The maximum Gasteiger partial charge on any atom is 0.348 e. The third-order valence-electron chi connectivity index (χ3n) is 6.10. The number of rotatable bonds is 6. The Morgan fingerprint density at radius 3 is 2.56 bits per heavy atom. The summed E-state index contributed by atoms with van der Waals surface area (Å²) in [5.74, 6) is -1.60. The molecule has 0 saturated carbocycles. The molecule has 1 saturated heterocycles. The molecule has 4 aromatic rings. The average molecular weight is 463 g/mol. The smallest absolute Gasteiger partial charge is 0.348 e. The summed E-state index contributed by atoms with van der Waals surface area (Å²) in [4.78, 5) is 19.4. The van der Waals surface area contributed by atoms with Crippen LogP contribution >= 0.6 is 0 Å². The predicted molar refractivity (Wildman–Crippen MR) is 127 cm³/mol. The molecule has 0 bridgehead atoms. The van der Waals surface area contributed by atoms with Gasteiger partial charge in [0.1, 0.15) is 5.82 Å². The van der Waals surface area contributed by atoms with E-state index in [-0.39, 0.29) is 11.5 Å². The van der Waals surface area contributed by atoms with Crippen molar-refractivity contribution in [2.45, 2.75) is 19.4 Å². The van der Waals surface area contributed by atoms with Crippen molar-refractivity contribution >= 4 is 5.82 Å². The van der Waals surface area contributed by atoms with Crippen molar-refractivity contribution in [3.05, 3.63) is 82.4 Å². The van der Waals surface area contributed by atoms with Crippen molar-refractivity contribution in [2.75, 3.05) is 25.5 Å². The van der Waals surface area contributed by atoms with Gasteiger partial charge in [0.2, 0.25) is 0 Å². The SMILES string of the molecule is CNc1ncc(-c2ccc(CN3CCCC3)cc2)cc1-c1n[nH]c(=O)n1-c1cccc(F)c1F. The number of nitrogens with zero attached hydrogens (tertiary/aromatic N) is 4. The van der Waals surface area contributed by atoms with Crippen molar-refractivity contribution < 1.29 is 8.78 Å². The van der Waals surface area contributed by atoms with Crippen LogP contribution in [0.3, 0.4) is 0 Å². The summed E-state index contributed by atoms with van der Waals surface area (Å²) >= 11 is 0. The molecule has 0 aliphatic carbocycles. The van der Waals surface area contributed by atoms with E-state index < -0.39 is 17.3 Å². The molecule has 0 unspecified atom stereocenters. The molecule has 34 heavy (non-hydrogen) atoms. The molecular weight excluding hydrogens is 438 g/mol. The van der Waals surface area contributed by atoms with Gasteiger partial charge in [0, 0.05) is 25.4 Å². The van der Waals surface area contributed by atoms with Gasteiger partial charge in [0.25, 0.3) is 0 Å². The zero-order valence-corrected chi connectivity index (χ0v) is 18.7. The van der Waals surface area contributed by atoms with Gasteiger partial charge < -0.3 is 5.32 Å². The highest BCUT2D eigenvalue weighted by molar-refractivity contribution is 5.77. The molecule has 3 heterocycles. The first-order valence-electron chi connectivity index (χ1n) is 11.2. The lowest BCUT2D eigenvalue weighted by Crippen LogP contribution is -2.18. The van der Waals surface area contributed by atoms with Crippen LogP contribution in [0, 0.1) is 11.6 Å². The first-order valence-corrected chi connectivity index (χ1v) is 11.2. The Balaban J connectivity index is 1.54. The first-order chi connectivity index (χ1) is 16.5. The maximum atomic E-state index is 14.5.